The zero-order valence-electron chi connectivity index (χ0n) is 17.2. The van der Waals surface area contributed by atoms with Crippen LogP contribution < -0.4 is 10.2 Å². The molecule has 1 aliphatic heterocycles. The number of amides is 2. The van der Waals surface area contributed by atoms with Crippen LogP contribution in [-0.4, -0.2) is 18.4 Å². The summed E-state index contributed by atoms with van der Waals surface area (Å²) < 4.78 is 0. The molecule has 0 radical (unpaired) electrons. The van der Waals surface area contributed by atoms with Crippen molar-refractivity contribution in [2.45, 2.75) is 58.4 Å². The molecule has 0 saturated heterocycles. The summed E-state index contributed by atoms with van der Waals surface area (Å²) >= 11 is 0. The molecule has 0 atom stereocenters. The Kier molecular flexibility index (Phi) is 5.98. The molecule has 0 spiro atoms. The Labute approximate surface area is 173 Å². The van der Waals surface area contributed by atoms with Gasteiger partial charge in [0.25, 0.3) is 5.91 Å². The summed E-state index contributed by atoms with van der Waals surface area (Å²) in [7, 11) is 0. The first-order valence-corrected chi connectivity index (χ1v) is 10.9. The maximum atomic E-state index is 12.9. The fraction of sp³-hybridized carbons (Fsp3) is 0.440. The summed E-state index contributed by atoms with van der Waals surface area (Å²) in [5, 5.41) is 3.06. The van der Waals surface area contributed by atoms with Gasteiger partial charge in [-0.3, -0.25) is 9.59 Å². The van der Waals surface area contributed by atoms with Crippen LogP contribution in [0.25, 0.3) is 0 Å². The van der Waals surface area contributed by atoms with Crippen molar-refractivity contribution in [3.8, 4) is 0 Å². The van der Waals surface area contributed by atoms with E-state index in [2.05, 4.69) is 11.4 Å². The van der Waals surface area contributed by atoms with Gasteiger partial charge in [-0.25, -0.2) is 0 Å². The first-order chi connectivity index (χ1) is 14.1. The van der Waals surface area contributed by atoms with Crippen molar-refractivity contribution in [2.24, 2.45) is 5.92 Å². The molecule has 4 nitrogen and oxygen atoms in total. The standard InChI is InChI=1S/C25H30N2O2/c1-18-6-10-21(11-7-18)25(29)27-15-14-22-16-20(8-12-23(22)27)17-26-24(28)13-9-19-4-2-3-5-19/h6-8,10-12,16,19H,2-5,9,13-15,17H2,1H3,(H,26,28). The fourth-order valence-corrected chi connectivity index (χ4v) is 4.55. The number of nitrogens with zero attached hydrogens (tertiary/aromatic N) is 1. The maximum absolute atomic E-state index is 12.9. The number of anilines is 1. The van der Waals surface area contributed by atoms with Gasteiger partial charge in [0.05, 0.1) is 0 Å². The van der Waals surface area contributed by atoms with Crippen LogP contribution in [0.1, 0.15) is 65.6 Å². The van der Waals surface area contributed by atoms with Crippen molar-refractivity contribution >= 4 is 17.5 Å². The van der Waals surface area contributed by atoms with Crippen LogP contribution in [-0.2, 0) is 17.8 Å². The molecule has 0 bridgehead atoms. The monoisotopic (exact) mass is 390 g/mol. The molecule has 2 aromatic carbocycles. The highest BCUT2D eigenvalue weighted by molar-refractivity contribution is 6.07. The molecule has 2 aliphatic rings. The number of hydrogen-bond acceptors (Lipinski definition) is 2. The summed E-state index contributed by atoms with van der Waals surface area (Å²) in [4.78, 5) is 26.9. The number of nitrogens with one attached hydrogen (secondary N) is 1. The highest BCUT2D eigenvalue weighted by atomic mass is 16.2. The van der Waals surface area contributed by atoms with Gasteiger partial charge in [0.1, 0.15) is 0 Å². The Morgan fingerprint density at radius 2 is 1.83 bits per heavy atom. The number of hydrogen-bond donors (Lipinski definition) is 1. The molecule has 1 saturated carbocycles. The molecule has 0 unspecified atom stereocenters. The van der Waals surface area contributed by atoms with Crippen molar-refractivity contribution in [2.75, 3.05) is 11.4 Å². The van der Waals surface area contributed by atoms with E-state index >= 15 is 0 Å². The predicted octanol–water partition coefficient (Wildman–Crippen LogP) is 4.78. The zero-order valence-corrected chi connectivity index (χ0v) is 17.2. The molecule has 152 valence electrons. The van der Waals surface area contributed by atoms with Gasteiger partial charge in [0.2, 0.25) is 5.91 Å². The average Bonchev–Trinajstić information content (AvgIpc) is 3.40. The summed E-state index contributed by atoms with van der Waals surface area (Å²) in [5.41, 5.74) is 5.15. The van der Waals surface area contributed by atoms with E-state index in [1.807, 2.05) is 48.2 Å². The molecule has 2 aromatic rings. The number of benzene rings is 2. The van der Waals surface area contributed by atoms with Crippen LogP contribution in [0.5, 0.6) is 0 Å². The number of fused-ring (bicyclic) bond motifs is 1. The molecule has 0 aromatic heterocycles. The van der Waals surface area contributed by atoms with E-state index in [0.717, 1.165) is 41.1 Å². The van der Waals surface area contributed by atoms with Gasteiger partial charge in [-0.2, -0.15) is 0 Å². The maximum Gasteiger partial charge on any atom is 0.258 e. The summed E-state index contributed by atoms with van der Waals surface area (Å²) in [6.45, 7) is 3.29. The number of aryl methyl sites for hydroxylation is 1. The topological polar surface area (TPSA) is 49.4 Å². The minimum Gasteiger partial charge on any atom is -0.352 e. The minimum absolute atomic E-state index is 0.0525. The summed E-state index contributed by atoms with van der Waals surface area (Å²) in [6, 6.07) is 13.9. The number of carbonyl (C=O) groups is 2. The lowest BCUT2D eigenvalue weighted by atomic mass is 10.0. The molecule has 1 heterocycles. The van der Waals surface area contributed by atoms with Gasteiger partial charge in [-0.15, -0.1) is 0 Å². The van der Waals surface area contributed by atoms with Crippen LogP contribution >= 0.6 is 0 Å². The van der Waals surface area contributed by atoms with Gasteiger partial charge in [0.15, 0.2) is 0 Å². The van der Waals surface area contributed by atoms with Crippen LogP contribution in [0.3, 0.4) is 0 Å². The first-order valence-electron chi connectivity index (χ1n) is 10.9. The molecule has 1 aliphatic carbocycles. The first kappa shape index (κ1) is 19.7. The number of carbonyl (C=O) groups excluding carboxylic acids is 2. The summed E-state index contributed by atoms with van der Waals surface area (Å²) in [6.07, 6.45) is 7.73. The molecule has 4 heteroatoms. The third-order valence-electron chi connectivity index (χ3n) is 6.33. The summed E-state index contributed by atoms with van der Waals surface area (Å²) in [5.74, 6) is 0.947. The second kappa shape index (κ2) is 8.81. The fourth-order valence-electron chi connectivity index (χ4n) is 4.55. The van der Waals surface area contributed by atoms with Gasteiger partial charge in [0, 0.05) is 30.8 Å². The molecule has 1 N–H and O–H groups in total. The lowest BCUT2D eigenvalue weighted by Crippen LogP contribution is -2.28. The van der Waals surface area contributed by atoms with E-state index in [-0.39, 0.29) is 11.8 Å². The van der Waals surface area contributed by atoms with Crippen molar-refractivity contribution in [1.29, 1.82) is 0 Å². The Morgan fingerprint density at radius 1 is 1.07 bits per heavy atom. The van der Waals surface area contributed by atoms with Crippen molar-refractivity contribution < 1.29 is 9.59 Å². The quantitative estimate of drug-likeness (QED) is 0.771. The highest BCUT2D eigenvalue weighted by Gasteiger charge is 2.25. The largest absolute Gasteiger partial charge is 0.352 e. The SMILES string of the molecule is Cc1ccc(C(=O)N2CCc3cc(CNC(=O)CCC4CCCC4)ccc32)cc1. The molecule has 29 heavy (non-hydrogen) atoms. The average molecular weight is 391 g/mol. The van der Waals surface area contributed by atoms with Gasteiger partial charge in [-0.05, 0) is 55.0 Å². The lowest BCUT2D eigenvalue weighted by molar-refractivity contribution is -0.121. The third kappa shape index (κ3) is 4.69. The predicted molar refractivity (Wildman–Crippen MR) is 116 cm³/mol. The zero-order chi connectivity index (χ0) is 20.2. The molecular weight excluding hydrogens is 360 g/mol. The smallest absolute Gasteiger partial charge is 0.258 e. The Balaban J connectivity index is 1.33. The van der Waals surface area contributed by atoms with Gasteiger partial charge >= 0.3 is 0 Å². The van der Waals surface area contributed by atoms with Crippen molar-refractivity contribution in [3.63, 3.8) is 0 Å². The van der Waals surface area contributed by atoms with E-state index < -0.39 is 0 Å². The Hall–Kier alpha value is -2.62. The van der Waals surface area contributed by atoms with Crippen LogP contribution in [0.2, 0.25) is 0 Å². The van der Waals surface area contributed by atoms with Crippen LogP contribution in [0.4, 0.5) is 5.69 Å². The van der Waals surface area contributed by atoms with E-state index in [1.165, 1.54) is 31.2 Å². The van der Waals surface area contributed by atoms with E-state index in [0.29, 0.717) is 19.5 Å². The van der Waals surface area contributed by atoms with Crippen molar-refractivity contribution in [1.82, 2.24) is 5.32 Å². The van der Waals surface area contributed by atoms with E-state index in [9.17, 15) is 9.59 Å². The second-order valence-electron chi connectivity index (χ2n) is 8.50. The third-order valence-corrected chi connectivity index (χ3v) is 6.33. The highest BCUT2D eigenvalue weighted by Crippen LogP contribution is 2.31. The normalized spacial score (nSPS) is 16.1. The van der Waals surface area contributed by atoms with Crippen LogP contribution in [0.15, 0.2) is 42.5 Å². The van der Waals surface area contributed by atoms with E-state index in [1.54, 1.807) is 0 Å². The number of rotatable bonds is 6. The van der Waals surface area contributed by atoms with Gasteiger partial charge in [-0.1, -0.05) is 55.5 Å². The van der Waals surface area contributed by atoms with Gasteiger partial charge < -0.3 is 10.2 Å². The second-order valence-corrected chi connectivity index (χ2v) is 8.50. The lowest BCUT2D eigenvalue weighted by Gasteiger charge is -2.18. The molecule has 1 fully saturated rings. The van der Waals surface area contributed by atoms with E-state index in [4.69, 9.17) is 0 Å². The molecule has 2 amide bonds. The Morgan fingerprint density at radius 3 is 2.59 bits per heavy atom. The molecular formula is C25H30N2O2. The Bertz CT molecular complexity index is 882. The van der Waals surface area contributed by atoms with Crippen LogP contribution in [0, 0.1) is 12.8 Å². The minimum atomic E-state index is 0.0525. The van der Waals surface area contributed by atoms with Crippen molar-refractivity contribution in [3.05, 3.63) is 64.7 Å². The molecule has 4 rings (SSSR count).